The summed E-state index contributed by atoms with van der Waals surface area (Å²) < 4.78 is 5.28. The van der Waals surface area contributed by atoms with Gasteiger partial charge in [-0.25, -0.2) is 4.79 Å². The van der Waals surface area contributed by atoms with E-state index in [1.165, 1.54) is 38.9 Å². The summed E-state index contributed by atoms with van der Waals surface area (Å²) in [5, 5.41) is 6.73. The van der Waals surface area contributed by atoms with Gasteiger partial charge in [0.25, 0.3) is 0 Å². The molecule has 1 saturated carbocycles. The van der Waals surface area contributed by atoms with Crippen LogP contribution in [-0.2, 0) is 11.3 Å². The lowest BCUT2D eigenvalue weighted by Gasteiger charge is -2.41. The van der Waals surface area contributed by atoms with Gasteiger partial charge < -0.3 is 20.3 Å². The molecule has 2 fully saturated rings. The lowest BCUT2D eigenvalue weighted by molar-refractivity contribution is 0.121. The molecule has 1 aliphatic heterocycles. The van der Waals surface area contributed by atoms with Crippen LogP contribution in [0.15, 0.2) is 30.3 Å². The Labute approximate surface area is 151 Å². The average Bonchev–Trinajstić information content (AvgIpc) is 2.61. The SMILES string of the molecule is CCCN1CCC(NC2CC(NC(=O)OCc3ccccc3)C2)CC1. The molecule has 1 aromatic rings. The molecule has 0 radical (unpaired) electrons. The number of rotatable bonds is 7. The molecule has 5 heteroatoms. The Morgan fingerprint density at radius 2 is 1.84 bits per heavy atom. The molecule has 138 valence electrons. The highest BCUT2D eigenvalue weighted by Crippen LogP contribution is 2.22. The molecule has 1 amide bonds. The summed E-state index contributed by atoms with van der Waals surface area (Å²) in [5.74, 6) is 0. The van der Waals surface area contributed by atoms with Crippen molar-refractivity contribution >= 4 is 6.09 Å². The van der Waals surface area contributed by atoms with Gasteiger partial charge in [0.15, 0.2) is 0 Å². The number of hydrogen-bond acceptors (Lipinski definition) is 4. The second kappa shape index (κ2) is 9.20. The number of carbonyl (C=O) groups is 1. The maximum atomic E-state index is 11.9. The topological polar surface area (TPSA) is 53.6 Å². The minimum Gasteiger partial charge on any atom is -0.445 e. The lowest BCUT2D eigenvalue weighted by Crippen LogP contribution is -2.56. The third kappa shape index (κ3) is 5.72. The van der Waals surface area contributed by atoms with E-state index < -0.39 is 0 Å². The van der Waals surface area contributed by atoms with E-state index in [1.807, 2.05) is 30.3 Å². The second-order valence-corrected chi connectivity index (χ2v) is 7.35. The molecule has 25 heavy (non-hydrogen) atoms. The van der Waals surface area contributed by atoms with Crippen molar-refractivity contribution in [1.29, 1.82) is 0 Å². The van der Waals surface area contributed by atoms with Crippen molar-refractivity contribution in [2.75, 3.05) is 19.6 Å². The summed E-state index contributed by atoms with van der Waals surface area (Å²) in [5.41, 5.74) is 1.01. The number of benzene rings is 1. The lowest BCUT2D eigenvalue weighted by atomic mass is 9.85. The summed E-state index contributed by atoms with van der Waals surface area (Å²) in [6.07, 6.45) is 5.45. The summed E-state index contributed by atoms with van der Waals surface area (Å²) in [7, 11) is 0. The van der Waals surface area contributed by atoms with E-state index in [0.717, 1.165) is 18.4 Å². The number of ether oxygens (including phenoxy) is 1. The van der Waals surface area contributed by atoms with Gasteiger partial charge in [0.1, 0.15) is 6.61 Å². The Balaban J connectivity index is 1.26. The Bertz CT molecular complexity index is 523. The number of carbonyl (C=O) groups excluding carboxylic acids is 1. The highest BCUT2D eigenvalue weighted by atomic mass is 16.5. The van der Waals surface area contributed by atoms with Crippen molar-refractivity contribution in [2.45, 2.75) is 63.8 Å². The summed E-state index contributed by atoms with van der Waals surface area (Å²) in [6.45, 7) is 6.23. The monoisotopic (exact) mass is 345 g/mol. The molecule has 1 heterocycles. The fourth-order valence-electron chi connectivity index (χ4n) is 3.78. The summed E-state index contributed by atoms with van der Waals surface area (Å²) in [4.78, 5) is 14.4. The van der Waals surface area contributed by atoms with Gasteiger partial charge in [-0.3, -0.25) is 0 Å². The molecule has 5 nitrogen and oxygen atoms in total. The Morgan fingerprint density at radius 3 is 2.52 bits per heavy atom. The van der Waals surface area contributed by atoms with Gasteiger partial charge in [0.2, 0.25) is 0 Å². The van der Waals surface area contributed by atoms with Gasteiger partial charge in [0.05, 0.1) is 0 Å². The number of piperidine rings is 1. The summed E-state index contributed by atoms with van der Waals surface area (Å²) >= 11 is 0. The molecule has 3 rings (SSSR count). The van der Waals surface area contributed by atoms with Crippen molar-refractivity contribution in [3.63, 3.8) is 0 Å². The standard InChI is InChI=1S/C20H31N3O2/c1-2-10-23-11-8-17(9-12-23)21-18-13-19(14-18)22-20(24)25-15-16-6-4-3-5-7-16/h3-7,17-19,21H,2,8-15H2,1H3,(H,22,24). The van der Waals surface area contributed by atoms with Crippen LogP contribution in [0.5, 0.6) is 0 Å². The van der Waals surface area contributed by atoms with Crippen LogP contribution in [0.25, 0.3) is 0 Å². The van der Waals surface area contributed by atoms with Crippen molar-refractivity contribution in [3.05, 3.63) is 35.9 Å². The van der Waals surface area contributed by atoms with Gasteiger partial charge in [-0.1, -0.05) is 37.3 Å². The minimum absolute atomic E-state index is 0.251. The Kier molecular flexibility index (Phi) is 6.70. The number of likely N-dealkylation sites (tertiary alicyclic amines) is 1. The van der Waals surface area contributed by atoms with Crippen LogP contribution in [0, 0.1) is 0 Å². The second-order valence-electron chi connectivity index (χ2n) is 7.35. The van der Waals surface area contributed by atoms with E-state index in [9.17, 15) is 4.79 Å². The van der Waals surface area contributed by atoms with Crippen LogP contribution in [0.3, 0.4) is 0 Å². The zero-order valence-corrected chi connectivity index (χ0v) is 15.2. The van der Waals surface area contributed by atoms with Crippen molar-refractivity contribution in [1.82, 2.24) is 15.5 Å². The van der Waals surface area contributed by atoms with E-state index in [4.69, 9.17) is 4.74 Å². The van der Waals surface area contributed by atoms with Crippen LogP contribution < -0.4 is 10.6 Å². The van der Waals surface area contributed by atoms with E-state index in [0.29, 0.717) is 18.7 Å². The first-order valence-electron chi connectivity index (χ1n) is 9.68. The molecule has 2 aliphatic rings. The van der Waals surface area contributed by atoms with E-state index in [-0.39, 0.29) is 12.1 Å². The van der Waals surface area contributed by atoms with Crippen molar-refractivity contribution < 1.29 is 9.53 Å². The molecule has 0 unspecified atom stereocenters. The minimum atomic E-state index is -0.305. The van der Waals surface area contributed by atoms with Crippen LogP contribution in [-0.4, -0.2) is 48.8 Å². The molecule has 0 spiro atoms. The number of nitrogens with zero attached hydrogens (tertiary/aromatic N) is 1. The third-order valence-corrected chi connectivity index (χ3v) is 5.27. The summed E-state index contributed by atoms with van der Waals surface area (Å²) in [6, 6.07) is 11.2. The molecule has 1 aromatic carbocycles. The fourth-order valence-corrected chi connectivity index (χ4v) is 3.78. The first-order valence-corrected chi connectivity index (χ1v) is 9.68. The molecule has 2 N–H and O–H groups in total. The van der Waals surface area contributed by atoms with Gasteiger partial charge in [-0.15, -0.1) is 0 Å². The van der Waals surface area contributed by atoms with Crippen molar-refractivity contribution in [3.8, 4) is 0 Å². The number of nitrogens with one attached hydrogen (secondary N) is 2. The highest BCUT2D eigenvalue weighted by Gasteiger charge is 2.32. The molecule has 0 bridgehead atoms. The number of amides is 1. The maximum Gasteiger partial charge on any atom is 0.407 e. The van der Waals surface area contributed by atoms with Crippen molar-refractivity contribution in [2.24, 2.45) is 0 Å². The van der Waals surface area contributed by atoms with Crippen LogP contribution in [0.1, 0.15) is 44.6 Å². The Morgan fingerprint density at radius 1 is 1.12 bits per heavy atom. The van der Waals surface area contributed by atoms with Gasteiger partial charge in [-0.2, -0.15) is 0 Å². The molecule has 0 atom stereocenters. The molecular formula is C20H31N3O2. The first-order chi connectivity index (χ1) is 12.2. The van der Waals surface area contributed by atoms with Gasteiger partial charge in [-0.05, 0) is 57.3 Å². The first kappa shape index (κ1) is 18.2. The van der Waals surface area contributed by atoms with Crippen LogP contribution in [0.2, 0.25) is 0 Å². The predicted octanol–water partition coefficient (Wildman–Crippen LogP) is 2.91. The van der Waals surface area contributed by atoms with Gasteiger partial charge in [0, 0.05) is 18.1 Å². The zero-order chi connectivity index (χ0) is 17.5. The molecular weight excluding hydrogens is 314 g/mol. The quantitative estimate of drug-likeness (QED) is 0.798. The normalized spacial score (nSPS) is 24.5. The third-order valence-electron chi connectivity index (χ3n) is 5.27. The van der Waals surface area contributed by atoms with E-state index in [1.54, 1.807) is 0 Å². The van der Waals surface area contributed by atoms with Gasteiger partial charge >= 0.3 is 6.09 Å². The fraction of sp³-hybridized carbons (Fsp3) is 0.650. The Hall–Kier alpha value is -1.59. The number of hydrogen-bond donors (Lipinski definition) is 2. The van der Waals surface area contributed by atoms with Crippen LogP contribution in [0.4, 0.5) is 4.79 Å². The zero-order valence-electron chi connectivity index (χ0n) is 15.2. The predicted molar refractivity (Wildman–Crippen MR) is 99.5 cm³/mol. The largest absolute Gasteiger partial charge is 0.445 e. The van der Waals surface area contributed by atoms with E-state index >= 15 is 0 Å². The molecule has 1 aliphatic carbocycles. The highest BCUT2D eigenvalue weighted by molar-refractivity contribution is 5.67. The smallest absolute Gasteiger partial charge is 0.407 e. The molecule has 0 aromatic heterocycles. The van der Waals surface area contributed by atoms with Crippen LogP contribution >= 0.6 is 0 Å². The maximum absolute atomic E-state index is 11.9. The number of alkyl carbamates (subject to hydrolysis) is 1. The molecule has 1 saturated heterocycles. The van der Waals surface area contributed by atoms with E-state index in [2.05, 4.69) is 22.5 Å². The average molecular weight is 345 g/mol.